The molecule has 3 nitrogen and oxygen atoms in total. The molecule has 0 spiro atoms. The second kappa shape index (κ2) is 6.23. The van der Waals surface area contributed by atoms with Crippen LogP contribution in [0.15, 0.2) is 36.5 Å². The van der Waals surface area contributed by atoms with Crippen LogP contribution in [-0.2, 0) is 0 Å². The van der Waals surface area contributed by atoms with Gasteiger partial charge in [0, 0.05) is 36.4 Å². The van der Waals surface area contributed by atoms with Crippen molar-refractivity contribution >= 4 is 16.6 Å². The predicted octanol–water partition coefficient (Wildman–Crippen LogP) is 3.20. The van der Waals surface area contributed by atoms with Crippen molar-refractivity contribution in [2.24, 2.45) is 0 Å². The van der Waals surface area contributed by atoms with Crippen molar-refractivity contribution in [1.29, 1.82) is 0 Å². The van der Waals surface area contributed by atoms with Crippen LogP contribution < -0.4 is 10.2 Å². The van der Waals surface area contributed by atoms with E-state index in [1.54, 1.807) is 0 Å². The number of piperidine rings is 1. The second-order valence-electron chi connectivity index (χ2n) is 5.60. The monoisotopic (exact) mass is 269 g/mol. The number of hydrogen-bond acceptors (Lipinski definition) is 3. The van der Waals surface area contributed by atoms with Gasteiger partial charge in [-0.2, -0.15) is 0 Å². The van der Waals surface area contributed by atoms with Crippen LogP contribution in [-0.4, -0.2) is 30.7 Å². The molecule has 1 N–H and O–H groups in total. The van der Waals surface area contributed by atoms with E-state index in [4.69, 9.17) is 0 Å². The molecule has 106 valence electrons. The van der Waals surface area contributed by atoms with E-state index >= 15 is 0 Å². The minimum atomic E-state index is 0.702. The van der Waals surface area contributed by atoms with Gasteiger partial charge in [-0.25, -0.2) is 0 Å². The molecule has 3 rings (SSSR count). The first-order chi connectivity index (χ1) is 9.86. The third-order valence-electron chi connectivity index (χ3n) is 4.13. The van der Waals surface area contributed by atoms with Crippen LogP contribution in [0.3, 0.4) is 0 Å². The van der Waals surface area contributed by atoms with Gasteiger partial charge in [0.15, 0.2) is 0 Å². The van der Waals surface area contributed by atoms with Crippen molar-refractivity contribution < 1.29 is 0 Å². The van der Waals surface area contributed by atoms with Gasteiger partial charge in [-0.3, -0.25) is 4.98 Å². The Morgan fingerprint density at radius 2 is 2.10 bits per heavy atom. The standard InChI is InChI=1S/C17H23N3/c1-2-9-18-15-7-11-20(12-8-15)16-5-6-17-14(13-16)4-3-10-19-17/h3-6,10,13,15,18H,2,7-9,11-12H2,1H3. The quantitative estimate of drug-likeness (QED) is 0.924. The molecular formula is C17H23N3. The highest BCUT2D eigenvalue weighted by Gasteiger charge is 2.18. The molecule has 0 unspecified atom stereocenters. The molecule has 0 bridgehead atoms. The number of anilines is 1. The molecule has 20 heavy (non-hydrogen) atoms. The third kappa shape index (κ3) is 2.93. The molecule has 0 aliphatic carbocycles. The fourth-order valence-electron chi connectivity index (χ4n) is 2.95. The summed E-state index contributed by atoms with van der Waals surface area (Å²) in [5.74, 6) is 0. The zero-order chi connectivity index (χ0) is 13.8. The van der Waals surface area contributed by atoms with Crippen molar-refractivity contribution in [3.05, 3.63) is 36.5 Å². The second-order valence-corrected chi connectivity index (χ2v) is 5.60. The van der Waals surface area contributed by atoms with Crippen molar-refractivity contribution in [1.82, 2.24) is 10.3 Å². The minimum Gasteiger partial charge on any atom is -0.371 e. The maximum absolute atomic E-state index is 4.38. The Kier molecular flexibility index (Phi) is 4.16. The molecule has 2 heterocycles. The van der Waals surface area contributed by atoms with Crippen LogP contribution in [0.2, 0.25) is 0 Å². The average Bonchev–Trinajstić information content (AvgIpc) is 2.53. The highest BCUT2D eigenvalue weighted by molar-refractivity contribution is 5.82. The first kappa shape index (κ1) is 13.4. The van der Waals surface area contributed by atoms with Gasteiger partial charge in [-0.1, -0.05) is 13.0 Å². The highest BCUT2D eigenvalue weighted by Crippen LogP contribution is 2.23. The lowest BCUT2D eigenvalue weighted by molar-refractivity contribution is 0.416. The third-order valence-corrected chi connectivity index (χ3v) is 4.13. The number of benzene rings is 1. The van der Waals surface area contributed by atoms with Gasteiger partial charge >= 0.3 is 0 Å². The predicted molar refractivity (Wildman–Crippen MR) is 85.3 cm³/mol. The number of fused-ring (bicyclic) bond motifs is 1. The van der Waals surface area contributed by atoms with E-state index in [1.165, 1.54) is 30.3 Å². The van der Waals surface area contributed by atoms with E-state index in [2.05, 4.69) is 46.4 Å². The Bertz CT molecular complexity index is 559. The molecule has 1 saturated heterocycles. The number of aromatic nitrogens is 1. The Morgan fingerprint density at radius 1 is 1.25 bits per heavy atom. The van der Waals surface area contributed by atoms with Gasteiger partial charge < -0.3 is 10.2 Å². The summed E-state index contributed by atoms with van der Waals surface area (Å²) in [6.07, 6.45) is 5.56. The first-order valence-electron chi connectivity index (χ1n) is 7.70. The summed E-state index contributed by atoms with van der Waals surface area (Å²) in [5.41, 5.74) is 2.41. The fourth-order valence-corrected chi connectivity index (χ4v) is 2.95. The van der Waals surface area contributed by atoms with Crippen molar-refractivity contribution in [2.75, 3.05) is 24.5 Å². The molecule has 0 saturated carbocycles. The van der Waals surface area contributed by atoms with Crippen molar-refractivity contribution in [3.63, 3.8) is 0 Å². The molecule has 0 amide bonds. The number of hydrogen-bond donors (Lipinski definition) is 1. The van der Waals surface area contributed by atoms with E-state index < -0.39 is 0 Å². The smallest absolute Gasteiger partial charge is 0.0703 e. The van der Waals surface area contributed by atoms with Gasteiger partial charge in [-0.05, 0) is 50.1 Å². The fraction of sp³-hybridized carbons (Fsp3) is 0.471. The Balaban J connectivity index is 1.67. The molecule has 0 atom stereocenters. The van der Waals surface area contributed by atoms with Crippen LogP contribution in [0.5, 0.6) is 0 Å². The van der Waals surface area contributed by atoms with Gasteiger partial charge in [0.1, 0.15) is 0 Å². The molecule has 3 heteroatoms. The molecule has 2 aromatic rings. The molecule has 1 fully saturated rings. The van der Waals surface area contributed by atoms with Gasteiger partial charge in [-0.15, -0.1) is 0 Å². The summed E-state index contributed by atoms with van der Waals surface area (Å²) in [5, 5.41) is 4.87. The van der Waals surface area contributed by atoms with Gasteiger partial charge in [0.05, 0.1) is 5.52 Å². The van der Waals surface area contributed by atoms with E-state index in [-0.39, 0.29) is 0 Å². The van der Waals surface area contributed by atoms with E-state index in [0.29, 0.717) is 6.04 Å². The molecule has 0 radical (unpaired) electrons. The topological polar surface area (TPSA) is 28.2 Å². The molecular weight excluding hydrogens is 246 g/mol. The van der Waals surface area contributed by atoms with Crippen LogP contribution in [0.25, 0.3) is 10.9 Å². The lowest BCUT2D eigenvalue weighted by Gasteiger charge is -2.34. The largest absolute Gasteiger partial charge is 0.371 e. The SMILES string of the molecule is CCCNC1CCN(c2ccc3ncccc3c2)CC1. The number of nitrogens with zero attached hydrogens (tertiary/aromatic N) is 2. The highest BCUT2D eigenvalue weighted by atomic mass is 15.1. The molecule has 1 aliphatic heterocycles. The molecule has 1 aromatic heterocycles. The minimum absolute atomic E-state index is 0.702. The van der Waals surface area contributed by atoms with Crippen molar-refractivity contribution in [3.8, 4) is 0 Å². The van der Waals surface area contributed by atoms with Crippen LogP contribution in [0.1, 0.15) is 26.2 Å². The number of nitrogens with one attached hydrogen (secondary N) is 1. The number of pyridine rings is 1. The van der Waals surface area contributed by atoms with Crippen LogP contribution in [0, 0.1) is 0 Å². The Labute approximate surface area is 121 Å². The summed E-state index contributed by atoms with van der Waals surface area (Å²) in [4.78, 5) is 6.88. The first-order valence-corrected chi connectivity index (χ1v) is 7.70. The summed E-state index contributed by atoms with van der Waals surface area (Å²) in [6, 6.07) is 11.4. The average molecular weight is 269 g/mol. The normalized spacial score (nSPS) is 16.8. The van der Waals surface area contributed by atoms with E-state index in [0.717, 1.165) is 25.2 Å². The lowest BCUT2D eigenvalue weighted by Crippen LogP contribution is -2.42. The molecule has 1 aliphatic rings. The summed E-state index contributed by atoms with van der Waals surface area (Å²) in [6.45, 7) is 5.66. The van der Waals surface area contributed by atoms with E-state index in [1.807, 2.05) is 12.3 Å². The Morgan fingerprint density at radius 3 is 2.90 bits per heavy atom. The van der Waals surface area contributed by atoms with Crippen molar-refractivity contribution in [2.45, 2.75) is 32.2 Å². The molecule has 1 aromatic carbocycles. The lowest BCUT2D eigenvalue weighted by atomic mass is 10.0. The maximum Gasteiger partial charge on any atom is 0.0703 e. The zero-order valence-corrected chi connectivity index (χ0v) is 12.2. The summed E-state index contributed by atoms with van der Waals surface area (Å²) >= 11 is 0. The maximum atomic E-state index is 4.38. The number of rotatable bonds is 4. The van der Waals surface area contributed by atoms with Crippen LogP contribution in [0.4, 0.5) is 5.69 Å². The zero-order valence-electron chi connectivity index (χ0n) is 12.2. The van der Waals surface area contributed by atoms with Gasteiger partial charge in [0.2, 0.25) is 0 Å². The van der Waals surface area contributed by atoms with E-state index in [9.17, 15) is 0 Å². The van der Waals surface area contributed by atoms with Crippen LogP contribution >= 0.6 is 0 Å². The van der Waals surface area contributed by atoms with Gasteiger partial charge in [0.25, 0.3) is 0 Å². The summed E-state index contributed by atoms with van der Waals surface area (Å²) < 4.78 is 0. The Hall–Kier alpha value is -1.61. The summed E-state index contributed by atoms with van der Waals surface area (Å²) in [7, 11) is 0.